The van der Waals surface area contributed by atoms with Crippen LogP contribution >= 0.6 is 0 Å². The highest BCUT2D eigenvalue weighted by atomic mass is 19.1. The molecule has 5 nitrogen and oxygen atoms in total. The molecule has 4 aliphatic rings. The van der Waals surface area contributed by atoms with Crippen LogP contribution in [0.4, 0.5) is 4.39 Å². The highest BCUT2D eigenvalue weighted by molar-refractivity contribution is 5.82. The van der Waals surface area contributed by atoms with Gasteiger partial charge in [-0.1, -0.05) is 36.8 Å². The zero-order chi connectivity index (χ0) is 24.3. The Morgan fingerprint density at radius 1 is 1.03 bits per heavy atom. The van der Waals surface area contributed by atoms with E-state index in [2.05, 4.69) is 24.0 Å². The lowest BCUT2D eigenvalue weighted by Crippen LogP contribution is -2.66. The fraction of sp³-hybridized carbons (Fsp3) is 0.552. The van der Waals surface area contributed by atoms with Crippen LogP contribution in [0, 0.1) is 11.7 Å². The van der Waals surface area contributed by atoms with Crippen molar-refractivity contribution in [3.63, 3.8) is 0 Å². The van der Waals surface area contributed by atoms with Crippen molar-refractivity contribution in [2.45, 2.75) is 50.7 Å². The number of fused-ring (bicyclic) bond motifs is 3. The minimum absolute atomic E-state index is 0.0522. The number of esters is 1. The van der Waals surface area contributed by atoms with E-state index in [9.17, 15) is 9.18 Å². The summed E-state index contributed by atoms with van der Waals surface area (Å²) in [6, 6.07) is 16.4. The van der Waals surface area contributed by atoms with Crippen LogP contribution in [0.15, 0.2) is 54.6 Å². The normalized spacial score (nSPS) is 28.3. The molecule has 188 valence electrons. The second-order valence-electron chi connectivity index (χ2n) is 10.8. The first-order chi connectivity index (χ1) is 17.0. The Labute approximate surface area is 208 Å². The maximum Gasteiger partial charge on any atom is 0.331 e. The summed E-state index contributed by atoms with van der Waals surface area (Å²) in [5.41, 5.74) is 0.259. The van der Waals surface area contributed by atoms with Crippen LogP contribution in [-0.4, -0.2) is 67.3 Å². The standard InChI is InChI=1S/C29H38FN2O3/c1-29(24-8-4-2-5-9-24,31-16-6-3-7-17-31)28(33)35-27-22-32(18-14-23(27)15-19-32)20-21-34-26-12-10-25(30)11-13-26/h2,4-5,8-13,23,27H,3,6-7,14-22H2,1H3/q+1/t23?,27-,29-,32?/m0/s1. The van der Waals surface area contributed by atoms with E-state index in [0.29, 0.717) is 18.3 Å². The molecule has 0 unspecified atom stereocenters. The summed E-state index contributed by atoms with van der Waals surface area (Å²) in [6.45, 7) is 8.42. The van der Waals surface area contributed by atoms with Gasteiger partial charge in [0.05, 0.1) is 13.1 Å². The summed E-state index contributed by atoms with van der Waals surface area (Å²) in [5.74, 6) is 0.775. The second-order valence-corrected chi connectivity index (χ2v) is 10.8. The highest BCUT2D eigenvalue weighted by Crippen LogP contribution is 2.38. The van der Waals surface area contributed by atoms with Crippen LogP contribution in [-0.2, 0) is 15.1 Å². The monoisotopic (exact) mass is 481 g/mol. The summed E-state index contributed by atoms with van der Waals surface area (Å²) in [6.07, 6.45) is 5.58. The fourth-order valence-corrected chi connectivity index (χ4v) is 6.34. The van der Waals surface area contributed by atoms with Gasteiger partial charge in [0.1, 0.15) is 36.8 Å². The SMILES string of the molecule is C[C@@](C(=O)O[C@H]1C[N+]2(CCOc3ccc(F)cc3)CCC1CC2)(c1ccccc1)N1CCCCC1. The Morgan fingerprint density at radius 3 is 2.40 bits per heavy atom. The van der Waals surface area contributed by atoms with Crippen molar-refractivity contribution in [1.82, 2.24) is 4.90 Å². The van der Waals surface area contributed by atoms with Crippen LogP contribution < -0.4 is 4.74 Å². The van der Waals surface area contributed by atoms with E-state index >= 15 is 0 Å². The Bertz CT molecular complexity index is 985. The van der Waals surface area contributed by atoms with Crippen molar-refractivity contribution in [2.75, 3.05) is 45.9 Å². The second kappa shape index (κ2) is 10.3. The maximum atomic E-state index is 13.9. The van der Waals surface area contributed by atoms with Crippen molar-refractivity contribution in [2.24, 2.45) is 5.92 Å². The summed E-state index contributed by atoms with van der Waals surface area (Å²) in [5, 5.41) is 0. The van der Waals surface area contributed by atoms with Gasteiger partial charge in [0.25, 0.3) is 0 Å². The van der Waals surface area contributed by atoms with Crippen LogP contribution in [0.3, 0.4) is 0 Å². The first-order valence-electron chi connectivity index (χ1n) is 13.2. The molecule has 6 heteroatoms. The molecule has 4 saturated heterocycles. The minimum Gasteiger partial charge on any atom is -0.488 e. The lowest BCUT2D eigenvalue weighted by atomic mass is 9.82. The Hall–Kier alpha value is -2.44. The Balaban J connectivity index is 1.27. The number of ether oxygens (including phenoxy) is 2. The average molecular weight is 482 g/mol. The molecular formula is C29H38FN2O3+. The number of likely N-dealkylation sites (tertiary alicyclic amines) is 1. The molecule has 2 aromatic carbocycles. The first kappa shape index (κ1) is 24.3. The van der Waals surface area contributed by atoms with Gasteiger partial charge in [0.15, 0.2) is 6.10 Å². The van der Waals surface area contributed by atoms with Crippen LogP contribution in [0.5, 0.6) is 5.75 Å². The number of halogens is 1. The van der Waals surface area contributed by atoms with E-state index in [1.807, 2.05) is 18.2 Å². The van der Waals surface area contributed by atoms with Crippen molar-refractivity contribution >= 4 is 5.97 Å². The predicted octanol–water partition coefficient (Wildman–Crippen LogP) is 4.76. The summed E-state index contributed by atoms with van der Waals surface area (Å²) in [4.78, 5) is 16.2. The quantitative estimate of drug-likeness (QED) is 0.403. The smallest absolute Gasteiger partial charge is 0.331 e. The third kappa shape index (κ3) is 5.10. The van der Waals surface area contributed by atoms with Gasteiger partial charge in [0.2, 0.25) is 0 Å². The molecule has 0 radical (unpaired) electrons. The molecule has 0 saturated carbocycles. The third-order valence-corrected chi connectivity index (χ3v) is 8.67. The molecule has 2 aromatic rings. The Morgan fingerprint density at radius 2 is 1.71 bits per heavy atom. The topological polar surface area (TPSA) is 38.8 Å². The van der Waals surface area contributed by atoms with Crippen molar-refractivity contribution in [3.8, 4) is 5.75 Å². The predicted molar refractivity (Wildman–Crippen MR) is 133 cm³/mol. The summed E-state index contributed by atoms with van der Waals surface area (Å²) in [7, 11) is 0. The van der Waals surface area contributed by atoms with Gasteiger partial charge in [-0.2, -0.15) is 0 Å². The molecule has 6 rings (SSSR count). The third-order valence-electron chi connectivity index (χ3n) is 8.67. The number of carbonyl (C=O) groups excluding carboxylic acids is 1. The van der Waals surface area contributed by atoms with Crippen molar-refractivity contribution < 1.29 is 23.1 Å². The van der Waals surface area contributed by atoms with E-state index in [-0.39, 0.29) is 17.9 Å². The zero-order valence-electron chi connectivity index (χ0n) is 20.8. The lowest BCUT2D eigenvalue weighted by molar-refractivity contribution is -0.946. The number of nitrogens with zero attached hydrogens (tertiary/aromatic N) is 2. The molecule has 35 heavy (non-hydrogen) atoms. The molecule has 4 fully saturated rings. The van der Waals surface area contributed by atoms with Crippen molar-refractivity contribution in [1.29, 1.82) is 0 Å². The molecule has 0 spiro atoms. The largest absolute Gasteiger partial charge is 0.488 e. The molecule has 0 aromatic heterocycles. The number of piperidine rings is 4. The fourth-order valence-electron chi connectivity index (χ4n) is 6.34. The molecule has 4 aliphatic heterocycles. The van der Waals surface area contributed by atoms with Gasteiger partial charge in [0, 0.05) is 18.8 Å². The Kier molecular flexibility index (Phi) is 7.12. The summed E-state index contributed by atoms with van der Waals surface area (Å²) < 4.78 is 26.4. The number of carbonyl (C=O) groups is 1. The number of hydrogen-bond donors (Lipinski definition) is 0. The van der Waals surface area contributed by atoms with E-state index in [4.69, 9.17) is 9.47 Å². The molecule has 4 heterocycles. The number of benzene rings is 2. The maximum absolute atomic E-state index is 13.9. The van der Waals surface area contributed by atoms with E-state index < -0.39 is 5.54 Å². The van der Waals surface area contributed by atoms with Gasteiger partial charge >= 0.3 is 5.97 Å². The molecule has 2 bridgehead atoms. The number of rotatable bonds is 8. The van der Waals surface area contributed by atoms with Gasteiger partial charge < -0.3 is 14.0 Å². The molecule has 2 atom stereocenters. The van der Waals surface area contributed by atoms with Crippen LogP contribution in [0.2, 0.25) is 0 Å². The van der Waals surface area contributed by atoms with Crippen molar-refractivity contribution in [3.05, 3.63) is 66.0 Å². The zero-order valence-corrected chi connectivity index (χ0v) is 20.8. The number of quaternary nitrogens is 1. The average Bonchev–Trinajstić information content (AvgIpc) is 2.91. The van der Waals surface area contributed by atoms with E-state index in [1.165, 1.54) is 18.6 Å². The first-order valence-corrected chi connectivity index (χ1v) is 13.2. The van der Waals surface area contributed by atoms with Gasteiger partial charge in [-0.3, -0.25) is 4.90 Å². The van der Waals surface area contributed by atoms with E-state index in [1.54, 1.807) is 12.1 Å². The lowest BCUT2D eigenvalue weighted by Gasteiger charge is -2.52. The van der Waals surface area contributed by atoms with Gasteiger partial charge in [-0.05, 0) is 62.7 Å². The molecule has 0 amide bonds. The van der Waals surface area contributed by atoms with E-state index in [0.717, 1.165) is 75.0 Å². The van der Waals surface area contributed by atoms with Gasteiger partial charge in [-0.15, -0.1) is 0 Å². The minimum atomic E-state index is -0.760. The molecule has 0 aliphatic carbocycles. The summed E-state index contributed by atoms with van der Waals surface area (Å²) >= 11 is 0. The molecular weight excluding hydrogens is 443 g/mol. The van der Waals surface area contributed by atoms with Crippen LogP contribution in [0.25, 0.3) is 0 Å². The van der Waals surface area contributed by atoms with Crippen LogP contribution in [0.1, 0.15) is 44.6 Å². The van der Waals surface area contributed by atoms with Gasteiger partial charge in [-0.25, -0.2) is 9.18 Å². The molecule has 0 N–H and O–H groups in total. The highest BCUT2D eigenvalue weighted by Gasteiger charge is 2.50. The number of hydrogen-bond acceptors (Lipinski definition) is 4.